The largest absolute Gasteiger partial charge is 0.311 e. The molecule has 126 valence electrons. The van der Waals surface area contributed by atoms with Crippen molar-refractivity contribution < 1.29 is 0 Å². The molecular formula is C19H40N2. The van der Waals surface area contributed by atoms with E-state index in [9.17, 15) is 0 Å². The minimum absolute atomic E-state index is 0.223. The van der Waals surface area contributed by atoms with Gasteiger partial charge in [0, 0.05) is 24.7 Å². The first kappa shape index (κ1) is 19.0. The van der Waals surface area contributed by atoms with Gasteiger partial charge in [-0.15, -0.1) is 0 Å². The number of rotatable bonds is 7. The lowest BCUT2D eigenvalue weighted by molar-refractivity contribution is 0.0580. The molecule has 2 heteroatoms. The molecule has 1 aliphatic carbocycles. The first-order valence-corrected chi connectivity index (χ1v) is 9.20. The lowest BCUT2D eigenvalue weighted by Crippen LogP contribution is -2.52. The van der Waals surface area contributed by atoms with Crippen LogP contribution in [0.25, 0.3) is 0 Å². The third kappa shape index (κ3) is 6.28. The number of nitrogens with zero attached hydrogens (tertiary/aromatic N) is 1. The maximum Gasteiger partial charge on any atom is 0.00967 e. The van der Waals surface area contributed by atoms with Gasteiger partial charge in [0.05, 0.1) is 0 Å². The van der Waals surface area contributed by atoms with Crippen molar-refractivity contribution in [1.82, 2.24) is 10.2 Å². The van der Waals surface area contributed by atoms with Crippen LogP contribution in [0.2, 0.25) is 0 Å². The number of nitrogens with one attached hydrogen (secondary N) is 1. The Morgan fingerprint density at radius 1 is 1.29 bits per heavy atom. The Balaban J connectivity index is 2.80. The highest BCUT2D eigenvalue weighted by atomic mass is 15.2. The molecule has 1 saturated carbocycles. The molecule has 0 aromatic heterocycles. The van der Waals surface area contributed by atoms with E-state index in [1.807, 2.05) is 0 Å². The highest BCUT2D eigenvalue weighted by molar-refractivity contribution is 4.92. The monoisotopic (exact) mass is 296 g/mol. The fraction of sp³-hybridized carbons (Fsp3) is 1.00. The molecule has 1 fully saturated rings. The van der Waals surface area contributed by atoms with Gasteiger partial charge >= 0.3 is 0 Å². The van der Waals surface area contributed by atoms with Crippen LogP contribution in [0.3, 0.4) is 0 Å². The van der Waals surface area contributed by atoms with Crippen molar-refractivity contribution in [2.24, 2.45) is 11.3 Å². The predicted molar refractivity (Wildman–Crippen MR) is 94.8 cm³/mol. The Kier molecular flexibility index (Phi) is 7.19. The van der Waals surface area contributed by atoms with Gasteiger partial charge in [0.25, 0.3) is 0 Å². The van der Waals surface area contributed by atoms with E-state index in [-0.39, 0.29) is 5.54 Å². The normalized spacial score (nSPS) is 28.9. The van der Waals surface area contributed by atoms with E-state index in [1.54, 1.807) is 0 Å². The third-order valence-corrected chi connectivity index (χ3v) is 5.34. The van der Waals surface area contributed by atoms with E-state index < -0.39 is 0 Å². The minimum Gasteiger partial charge on any atom is -0.311 e. The van der Waals surface area contributed by atoms with Crippen LogP contribution in [0, 0.1) is 11.3 Å². The molecule has 0 aromatic carbocycles. The Morgan fingerprint density at radius 2 is 1.95 bits per heavy atom. The van der Waals surface area contributed by atoms with Gasteiger partial charge in [-0.05, 0) is 64.8 Å². The standard InChI is InChI=1S/C19H40N2/c1-8-17(4)21(9-2)15-19(14-20-18(5,6)7)12-10-11-16(3)13-19/h16-17,20H,8-15H2,1-7H3. The van der Waals surface area contributed by atoms with Crippen molar-refractivity contribution in [3.63, 3.8) is 0 Å². The zero-order valence-corrected chi connectivity index (χ0v) is 15.8. The second kappa shape index (κ2) is 7.97. The zero-order chi connectivity index (χ0) is 16.1. The minimum atomic E-state index is 0.223. The van der Waals surface area contributed by atoms with E-state index in [0.717, 1.165) is 5.92 Å². The molecule has 0 heterocycles. The van der Waals surface area contributed by atoms with E-state index in [4.69, 9.17) is 0 Å². The van der Waals surface area contributed by atoms with Gasteiger partial charge in [0.1, 0.15) is 0 Å². The highest BCUT2D eigenvalue weighted by Crippen LogP contribution is 2.40. The molecule has 0 spiro atoms. The fourth-order valence-electron chi connectivity index (χ4n) is 3.85. The van der Waals surface area contributed by atoms with Crippen molar-refractivity contribution in [1.29, 1.82) is 0 Å². The van der Waals surface area contributed by atoms with Gasteiger partial charge in [-0.1, -0.05) is 33.6 Å². The Bertz CT molecular complexity index is 294. The van der Waals surface area contributed by atoms with Gasteiger partial charge < -0.3 is 10.2 Å². The Morgan fingerprint density at radius 3 is 2.43 bits per heavy atom. The molecule has 1 N–H and O–H groups in total. The molecule has 0 amide bonds. The van der Waals surface area contributed by atoms with Gasteiger partial charge in [0.15, 0.2) is 0 Å². The van der Waals surface area contributed by atoms with Crippen LogP contribution in [-0.2, 0) is 0 Å². The van der Waals surface area contributed by atoms with Crippen LogP contribution >= 0.6 is 0 Å². The van der Waals surface area contributed by atoms with Gasteiger partial charge in [0.2, 0.25) is 0 Å². The molecule has 2 nitrogen and oxygen atoms in total. The predicted octanol–water partition coefficient (Wildman–Crippen LogP) is 4.69. The van der Waals surface area contributed by atoms with Crippen molar-refractivity contribution in [3.05, 3.63) is 0 Å². The Labute approximate surface area is 134 Å². The first-order chi connectivity index (χ1) is 9.71. The van der Waals surface area contributed by atoms with Crippen molar-refractivity contribution in [2.75, 3.05) is 19.6 Å². The van der Waals surface area contributed by atoms with Crippen molar-refractivity contribution in [2.45, 2.75) is 92.2 Å². The summed E-state index contributed by atoms with van der Waals surface area (Å²) in [5.74, 6) is 0.885. The summed E-state index contributed by atoms with van der Waals surface area (Å²) in [4.78, 5) is 2.71. The summed E-state index contributed by atoms with van der Waals surface area (Å²) in [7, 11) is 0. The second-order valence-corrected chi connectivity index (χ2v) is 8.63. The summed E-state index contributed by atoms with van der Waals surface area (Å²) in [5, 5.41) is 3.81. The van der Waals surface area contributed by atoms with E-state index in [0.29, 0.717) is 11.5 Å². The third-order valence-electron chi connectivity index (χ3n) is 5.34. The molecule has 3 unspecified atom stereocenters. The molecule has 1 rings (SSSR count). The van der Waals surface area contributed by atoms with E-state index in [2.05, 4.69) is 58.7 Å². The van der Waals surface area contributed by atoms with Gasteiger partial charge in [-0.3, -0.25) is 0 Å². The number of hydrogen-bond acceptors (Lipinski definition) is 2. The second-order valence-electron chi connectivity index (χ2n) is 8.63. The first-order valence-electron chi connectivity index (χ1n) is 9.20. The molecular weight excluding hydrogens is 256 g/mol. The average molecular weight is 297 g/mol. The topological polar surface area (TPSA) is 15.3 Å². The van der Waals surface area contributed by atoms with E-state index >= 15 is 0 Å². The van der Waals surface area contributed by atoms with Crippen LogP contribution < -0.4 is 5.32 Å². The molecule has 0 bridgehead atoms. The Hall–Kier alpha value is -0.0800. The van der Waals surface area contributed by atoms with Gasteiger partial charge in [-0.2, -0.15) is 0 Å². The maximum atomic E-state index is 3.81. The van der Waals surface area contributed by atoms with Crippen molar-refractivity contribution >= 4 is 0 Å². The van der Waals surface area contributed by atoms with Crippen molar-refractivity contribution in [3.8, 4) is 0 Å². The molecule has 21 heavy (non-hydrogen) atoms. The van der Waals surface area contributed by atoms with Crippen LogP contribution in [0.1, 0.15) is 80.6 Å². The quantitative estimate of drug-likeness (QED) is 0.733. The lowest BCUT2D eigenvalue weighted by Gasteiger charge is -2.46. The SMILES string of the molecule is CCC(C)N(CC)CC1(CNC(C)(C)C)CCCC(C)C1. The molecule has 1 aliphatic rings. The molecule has 0 aliphatic heterocycles. The number of hydrogen-bond donors (Lipinski definition) is 1. The molecule has 0 saturated heterocycles. The lowest BCUT2D eigenvalue weighted by atomic mass is 9.69. The van der Waals surface area contributed by atoms with Crippen LogP contribution in [0.4, 0.5) is 0 Å². The summed E-state index contributed by atoms with van der Waals surface area (Å²) in [6.07, 6.45) is 6.88. The van der Waals surface area contributed by atoms with Crippen LogP contribution in [-0.4, -0.2) is 36.1 Å². The van der Waals surface area contributed by atoms with E-state index in [1.165, 1.54) is 51.7 Å². The zero-order valence-electron chi connectivity index (χ0n) is 15.8. The maximum absolute atomic E-state index is 3.81. The summed E-state index contributed by atoms with van der Waals surface area (Å²) in [6.45, 7) is 20.0. The summed E-state index contributed by atoms with van der Waals surface area (Å²) < 4.78 is 0. The van der Waals surface area contributed by atoms with Crippen LogP contribution in [0.15, 0.2) is 0 Å². The summed E-state index contributed by atoms with van der Waals surface area (Å²) in [5.41, 5.74) is 0.700. The summed E-state index contributed by atoms with van der Waals surface area (Å²) >= 11 is 0. The smallest absolute Gasteiger partial charge is 0.00967 e. The molecule has 0 aromatic rings. The van der Waals surface area contributed by atoms with Crippen LogP contribution in [0.5, 0.6) is 0 Å². The molecule has 3 atom stereocenters. The van der Waals surface area contributed by atoms with Gasteiger partial charge in [-0.25, -0.2) is 0 Å². The average Bonchev–Trinajstić information content (AvgIpc) is 2.41. The summed E-state index contributed by atoms with van der Waals surface area (Å²) in [6, 6.07) is 0.707. The fourth-order valence-corrected chi connectivity index (χ4v) is 3.85. The molecule has 0 radical (unpaired) electrons. The highest BCUT2D eigenvalue weighted by Gasteiger charge is 2.37.